The van der Waals surface area contributed by atoms with Crippen LogP contribution in [-0.4, -0.2) is 113 Å². The van der Waals surface area contributed by atoms with Gasteiger partial charge in [0.05, 0.1) is 18.6 Å². The number of esters is 1. The van der Waals surface area contributed by atoms with Crippen LogP contribution in [0.25, 0.3) is 11.1 Å². The lowest BCUT2D eigenvalue weighted by molar-refractivity contribution is -0.156. The molecule has 19 heteroatoms. The number of carbonyl (C=O) groups is 8. The number of hydrogen-bond donors (Lipinski definition) is 7. The van der Waals surface area contributed by atoms with Gasteiger partial charge in [-0.25, -0.2) is 9.59 Å². The lowest BCUT2D eigenvalue weighted by Crippen LogP contribution is -2.60. The topological polar surface area (TPSA) is 280 Å². The molecule has 0 heterocycles. The molecular formula is C57H72N6O13. The molecule has 0 bridgehead atoms. The number of hydrogen-bond acceptors (Lipinski definition) is 12. The summed E-state index contributed by atoms with van der Waals surface area (Å²) in [5.41, 5.74) is 8.11. The minimum Gasteiger partial charge on any atom is -0.488 e. The van der Waals surface area contributed by atoms with Crippen molar-refractivity contribution < 1.29 is 62.4 Å². The van der Waals surface area contributed by atoms with Crippen molar-refractivity contribution in [3.05, 3.63) is 125 Å². The number of primary amides is 1. The zero-order chi connectivity index (χ0) is 56.0. The summed E-state index contributed by atoms with van der Waals surface area (Å²) in [7, 11) is 0. The molecule has 0 aromatic heterocycles. The standard InChI is InChI=1S/C57H72N6O13/c1-55(2,3)74-33-46(52(69)61-45(31-48(65)76-57(7,8)9)51(68)59-42(53(70)71)27-28-47(58)64)62-49(66)43(30-35-23-25-36(26-24-35)75-56(4,5)6)60-50(67)44(29-34-17-11-10-12-18-34)63-54(72)73-32-41-39-21-15-13-19-37(39)38-20-14-16-22-40(38)41/h10-26,41-46H,27-33H2,1-9H3,(H2,58,64)(H,59,68)(H,60,67)(H,61,69)(H,62,66)(H,63,72)(H,70,71)/t42-,43-,44-,45-,46-/m0/s1. The van der Waals surface area contributed by atoms with E-state index in [1.165, 1.54) is 0 Å². The number of carboxylic acids is 1. The summed E-state index contributed by atoms with van der Waals surface area (Å²) in [5.74, 6) is -6.78. The van der Waals surface area contributed by atoms with Crippen LogP contribution >= 0.6 is 0 Å². The lowest BCUT2D eigenvalue weighted by Gasteiger charge is -2.29. The van der Waals surface area contributed by atoms with Gasteiger partial charge in [0.25, 0.3) is 0 Å². The van der Waals surface area contributed by atoms with Crippen LogP contribution in [0.1, 0.15) is 110 Å². The second-order valence-corrected chi connectivity index (χ2v) is 21.6. The average molecular weight is 1050 g/mol. The van der Waals surface area contributed by atoms with Crippen molar-refractivity contribution in [2.75, 3.05) is 13.2 Å². The fourth-order valence-electron chi connectivity index (χ4n) is 8.24. The number of amides is 6. The molecule has 6 amide bonds. The molecule has 0 radical (unpaired) electrons. The number of nitrogens with one attached hydrogen (secondary N) is 5. The van der Waals surface area contributed by atoms with Crippen LogP contribution in [0.2, 0.25) is 0 Å². The van der Waals surface area contributed by atoms with Crippen LogP contribution in [0.4, 0.5) is 4.79 Å². The summed E-state index contributed by atoms with van der Waals surface area (Å²) >= 11 is 0. The number of carbonyl (C=O) groups excluding carboxylic acids is 7. The van der Waals surface area contributed by atoms with Gasteiger partial charge in [0.1, 0.15) is 53.8 Å². The van der Waals surface area contributed by atoms with E-state index in [9.17, 15) is 43.5 Å². The van der Waals surface area contributed by atoms with E-state index < -0.39 is 120 Å². The maximum atomic E-state index is 14.8. The predicted octanol–water partition coefficient (Wildman–Crippen LogP) is 5.39. The number of rotatable bonds is 24. The van der Waals surface area contributed by atoms with Crippen LogP contribution in [0.15, 0.2) is 103 Å². The molecule has 8 N–H and O–H groups in total. The second kappa shape index (κ2) is 26.1. The van der Waals surface area contributed by atoms with E-state index >= 15 is 0 Å². The molecule has 4 aromatic rings. The number of ether oxygens (including phenoxy) is 4. The van der Waals surface area contributed by atoms with E-state index in [-0.39, 0.29) is 25.4 Å². The van der Waals surface area contributed by atoms with Crippen molar-refractivity contribution in [2.24, 2.45) is 5.73 Å². The van der Waals surface area contributed by atoms with E-state index in [1.807, 2.05) is 69.3 Å². The van der Waals surface area contributed by atoms with E-state index in [0.717, 1.165) is 22.3 Å². The highest BCUT2D eigenvalue weighted by Crippen LogP contribution is 2.44. The predicted molar refractivity (Wildman–Crippen MR) is 283 cm³/mol. The third kappa shape index (κ3) is 18.8. The normalized spacial score (nSPS) is 14.2. The first kappa shape index (κ1) is 59.1. The van der Waals surface area contributed by atoms with Gasteiger partial charge >= 0.3 is 18.0 Å². The molecule has 4 aromatic carbocycles. The molecule has 5 rings (SSSR count). The van der Waals surface area contributed by atoms with Crippen molar-refractivity contribution in [3.63, 3.8) is 0 Å². The Hall–Kier alpha value is -7.80. The van der Waals surface area contributed by atoms with Gasteiger partial charge in [0, 0.05) is 25.2 Å². The summed E-state index contributed by atoms with van der Waals surface area (Å²) in [6, 6.07) is 23.8. The third-order valence-corrected chi connectivity index (χ3v) is 11.7. The number of nitrogens with two attached hydrogens (primary N) is 1. The molecular weight excluding hydrogens is 977 g/mol. The maximum Gasteiger partial charge on any atom is 0.407 e. The van der Waals surface area contributed by atoms with Gasteiger partial charge in [0.15, 0.2) is 0 Å². The Kier molecular flexibility index (Phi) is 20.3. The summed E-state index contributed by atoms with van der Waals surface area (Å²) in [5, 5.41) is 22.7. The molecule has 19 nitrogen and oxygen atoms in total. The lowest BCUT2D eigenvalue weighted by atomic mass is 9.98. The minimum atomic E-state index is -1.76. The van der Waals surface area contributed by atoms with Crippen molar-refractivity contribution in [1.29, 1.82) is 0 Å². The number of fused-ring (bicyclic) bond motifs is 3. The summed E-state index contributed by atoms with van der Waals surface area (Å²) in [4.78, 5) is 108. The van der Waals surface area contributed by atoms with E-state index in [4.69, 9.17) is 24.7 Å². The van der Waals surface area contributed by atoms with Crippen LogP contribution in [-0.2, 0) is 60.6 Å². The van der Waals surface area contributed by atoms with E-state index in [2.05, 4.69) is 26.6 Å². The Morgan fingerprint density at radius 3 is 1.55 bits per heavy atom. The van der Waals surface area contributed by atoms with Gasteiger partial charge in [-0.1, -0.05) is 91.0 Å². The van der Waals surface area contributed by atoms with Gasteiger partial charge < -0.3 is 56.4 Å². The largest absolute Gasteiger partial charge is 0.488 e. The van der Waals surface area contributed by atoms with Crippen molar-refractivity contribution in [2.45, 2.75) is 147 Å². The van der Waals surface area contributed by atoms with Crippen molar-refractivity contribution in [1.82, 2.24) is 26.6 Å². The Morgan fingerprint density at radius 2 is 1.03 bits per heavy atom. The molecule has 1 aliphatic rings. The van der Waals surface area contributed by atoms with Crippen molar-refractivity contribution in [3.8, 4) is 16.9 Å². The van der Waals surface area contributed by atoms with Gasteiger partial charge in [-0.05, 0) is 114 Å². The number of aliphatic carboxylic acids is 1. The quantitative estimate of drug-likeness (QED) is 0.0434. The fourth-order valence-corrected chi connectivity index (χ4v) is 8.24. The molecule has 0 spiro atoms. The summed E-state index contributed by atoms with van der Waals surface area (Å²) < 4.78 is 23.3. The molecule has 0 fully saturated rings. The fraction of sp³-hybridized carbons (Fsp3) is 0.439. The second-order valence-electron chi connectivity index (χ2n) is 21.6. The monoisotopic (exact) mass is 1050 g/mol. The summed E-state index contributed by atoms with van der Waals surface area (Å²) in [6.45, 7) is 15.0. The molecule has 0 saturated carbocycles. The highest BCUT2D eigenvalue weighted by Gasteiger charge is 2.36. The molecule has 408 valence electrons. The highest BCUT2D eigenvalue weighted by atomic mass is 16.6. The van der Waals surface area contributed by atoms with E-state index in [0.29, 0.717) is 16.9 Å². The maximum absolute atomic E-state index is 14.8. The molecule has 0 saturated heterocycles. The molecule has 1 aliphatic carbocycles. The minimum absolute atomic E-state index is 0.0130. The van der Waals surface area contributed by atoms with Crippen LogP contribution in [0.3, 0.4) is 0 Å². The van der Waals surface area contributed by atoms with Gasteiger partial charge in [-0.2, -0.15) is 0 Å². The molecule has 5 atom stereocenters. The Balaban J connectivity index is 1.44. The van der Waals surface area contributed by atoms with Gasteiger partial charge in [0.2, 0.25) is 29.5 Å². The van der Waals surface area contributed by atoms with Crippen LogP contribution < -0.4 is 37.1 Å². The average Bonchev–Trinajstić information content (AvgIpc) is 3.65. The first-order valence-corrected chi connectivity index (χ1v) is 25.2. The van der Waals surface area contributed by atoms with Gasteiger partial charge in [-0.15, -0.1) is 0 Å². The zero-order valence-corrected chi connectivity index (χ0v) is 44.7. The van der Waals surface area contributed by atoms with E-state index in [1.54, 1.807) is 96.1 Å². The Bertz CT molecular complexity index is 2650. The summed E-state index contributed by atoms with van der Waals surface area (Å²) in [6.07, 6.45) is -2.60. The number of alkyl carbamates (subject to hydrolysis) is 1. The van der Waals surface area contributed by atoms with Crippen molar-refractivity contribution >= 4 is 47.6 Å². The number of benzene rings is 4. The first-order chi connectivity index (χ1) is 35.6. The van der Waals surface area contributed by atoms with Crippen LogP contribution in [0.5, 0.6) is 5.75 Å². The zero-order valence-electron chi connectivity index (χ0n) is 44.7. The highest BCUT2D eigenvalue weighted by molar-refractivity contribution is 5.97. The molecule has 76 heavy (non-hydrogen) atoms. The SMILES string of the molecule is CC(C)(C)OC[C@H](NC(=O)[C@H](Cc1ccc(OC(C)(C)C)cc1)NC(=O)[C@H](Cc1ccccc1)NC(=O)OCC1c2ccccc2-c2ccccc21)C(=O)N[C@@H](CC(=O)OC(C)(C)C)C(=O)N[C@@H](CCC(N)=O)C(=O)O. The molecule has 0 unspecified atom stereocenters. The first-order valence-electron chi connectivity index (χ1n) is 25.2. The van der Waals surface area contributed by atoms with Crippen LogP contribution in [0, 0.1) is 0 Å². The Morgan fingerprint density at radius 1 is 0.553 bits per heavy atom. The van der Waals surface area contributed by atoms with Gasteiger partial charge in [-0.3, -0.25) is 28.8 Å². The third-order valence-electron chi connectivity index (χ3n) is 11.7. The Labute approximate surface area is 443 Å². The molecule has 0 aliphatic heterocycles. The smallest absolute Gasteiger partial charge is 0.407 e. The number of carboxylic acid groups (broad SMARTS) is 1.